The van der Waals surface area contributed by atoms with Gasteiger partial charge in [0.25, 0.3) is 0 Å². The molecular formula is C17H15BrF6N4. The number of hydrogen-bond acceptors (Lipinski definition) is 4. The van der Waals surface area contributed by atoms with Gasteiger partial charge < -0.3 is 10.2 Å². The quantitative estimate of drug-likeness (QED) is 0.534. The molecule has 4 atom stereocenters. The standard InChI is InChI=1S/C17H15BrF6N4/c1-6(19)5-25-10-2-7-3-11(10)28(7)15-8-4-9(17(22,23)24)12(18)13(20)14(8)26-16(21)27-15/h4,6-7,10-11,25H,2-3,5H2,1H3. The highest BCUT2D eigenvalue weighted by molar-refractivity contribution is 9.10. The van der Waals surface area contributed by atoms with Crippen molar-refractivity contribution < 1.29 is 26.3 Å². The van der Waals surface area contributed by atoms with E-state index in [1.54, 1.807) is 4.90 Å². The molecule has 152 valence electrons. The minimum absolute atomic E-state index is 0.0711. The Labute approximate surface area is 164 Å². The van der Waals surface area contributed by atoms with Crippen molar-refractivity contribution in [3.63, 3.8) is 0 Å². The van der Waals surface area contributed by atoms with Gasteiger partial charge in [0, 0.05) is 30.1 Å². The minimum atomic E-state index is -4.81. The highest BCUT2D eigenvalue weighted by Gasteiger charge is 2.52. The van der Waals surface area contributed by atoms with Gasteiger partial charge in [-0.2, -0.15) is 27.5 Å². The van der Waals surface area contributed by atoms with Gasteiger partial charge in [0.15, 0.2) is 5.82 Å². The zero-order valence-electron chi connectivity index (χ0n) is 14.5. The molecule has 1 aromatic heterocycles. The topological polar surface area (TPSA) is 41.0 Å². The number of nitrogens with zero attached hydrogens (tertiary/aromatic N) is 3. The lowest BCUT2D eigenvalue weighted by Gasteiger charge is -2.43. The lowest BCUT2D eigenvalue weighted by molar-refractivity contribution is -0.138. The molecule has 1 N–H and O–H groups in total. The Bertz CT molecular complexity index is 934. The number of halogens is 7. The van der Waals surface area contributed by atoms with Crippen molar-refractivity contribution in [1.82, 2.24) is 15.3 Å². The molecule has 1 saturated carbocycles. The van der Waals surface area contributed by atoms with E-state index >= 15 is 0 Å². The average molecular weight is 469 g/mol. The van der Waals surface area contributed by atoms with E-state index in [0.29, 0.717) is 6.42 Å². The second-order valence-electron chi connectivity index (χ2n) is 7.16. The smallest absolute Gasteiger partial charge is 0.348 e. The van der Waals surface area contributed by atoms with Crippen molar-refractivity contribution in [2.24, 2.45) is 0 Å². The molecule has 28 heavy (non-hydrogen) atoms. The number of hydrogen-bond donors (Lipinski definition) is 1. The number of anilines is 1. The van der Waals surface area contributed by atoms with Crippen molar-refractivity contribution in [2.75, 3.05) is 11.4 Å². The van der Waals surface area contributed by atoms with Crippen LogP contribution in [-0.4, -0.2) is 40.8 Å². The molecule has 1 aromatic carbocycles. The maximum atomic E-state index is 14.6. The van der Waals surface area contributed by atoms with E-state index in [1.807, 2.05) is 0 Å². The fourth-order valence-corrected chi connectivity index (χ4v) is 4.61. The van der Waals surface area contributed by atoms with Gasteiger partial charge in [-0.3, -0.25) is 0 Å². The van der Waals surface area contributed by atoms with Crippen molar-refractivity contribution in [1.29, 1.82) is 0 Å². The lowest BCUT2D eigenvalue weighted by atomic mass is 10.0. The normalized spacial score (nSPS) is 25.3. The van der Waals surface area contributed by atoms with Gasteiger partial charge in [-0.1, -0.05) is 0 Å². The van der Waals surface area contributed by atoms with Crippen molar-refractivity contribution >= 4 is 32.7 Å². The molecule has 2 saturated heterocycles. The first kappa shape index (κ1) is 19.7. The zero-order chi connectivity index (χ0) is 20.4. The van der Waals surface area contributed by atoms with E-state index in [9.17, 15) is 26.3 Å². The minimum Gasteiger partial charge on any atom is -0.348 e. The highest BCUT2D eigenvalue weighted by Crippen LogP contribution is 2.47. The Balaban J connectivity index is 1.79. The van der Waals surface area contributed by atoms with Crippen LogP contribution in [0.15, 0.2) is 10.5 Å². The summed E-state index contributed by atoms with van der Waals surface area (Å²) in [5.41, 5.74) is -1.74. The monoisotopic (exact) mass is 468 g/mol. The van der Waals surface area contributed by atoms with Crippen LogP contribution >= 0.6 is 15.9 Å². The fraction of sp³-hybridized carbons (Fsp3) is 0.529. The summed E-state index contributed by atoms with van der Waals surface area (Å²) in [6.45, 7) is 1.55. The summed E-state index contributed by atoms with van der Waals surface area (Å²) in [4.78, 5) is 8.73. The van der Waals surface area contributed by atoms with Crippen molar-refractivity contribution in [2.45, 2.75) is 50.2 Å². The van der Waals surface area contributed by atoms with E-state index in [4.69, 9.17) is 0 Å². The molecule has 3 aliphatic rings. The van der Waals surface area contributed by atoms with Crippen LogP contribution in [-0.2, 0) is 6.18 Å². The molecule has 11 heteroatoms. The Kier molecular flexibility index (Phi) is 4.72. The first-order valence-corrected chi connectivity index (χ1v) is 9.45. The summed E-state index contributed by atoms with van der Waals surface area (Å²) < 4.78 is 80.7. The third kappa shape index (κ3) is 3.12. The Morgan fingerprint density at radius 1 is 1.29 bits per heavy atom. The third-order valence-corrected chi connectivity index (χ3v) is 6.07. The molecule has 3 fully saturated rings. The van der Waals surface area contributed by atoms with Crippen LogP contribution in [0.1, 0.15) is 25.3 Å². The SMILES string of the molecule is CC(F)CNC1CC2CC1N2c1nc(F)nc2c(F)c(Br)c(C(F)(F)F)cc12. The van der Waals surface area contributed by atoms with Crippen LogP contribution in [0.4, 0.5) is 32.2 Å². The first-order chi connectivity index (χ1) is 13.1. The average Bonchev–Trinajstić information content (AvgIpc) is 3.14. The van der Waals surface area contributed by atoms with Gasteiger partial charge in [0.1, 0.15) is 17.5 Å². The van der Waals surface area contributed by atoms with Crippen LogP contribution < -0.4 is 10.2 Å². The number of benzene rings is 1. The molecular weight excluding hydrogens is 454 g/mol. The van der Waals surface area contributed by atoms with Crippen molar-refractivity contribution in [3.8, 4) is 0 Å². The van der Waals surface area contributed by atoms with Gasteiger partial charge in [0.05, 0.1) is 10.0 Å². The summed E-state index contributed by atoms with van der Waals surface area (Å²) in [5.74, 6) is -1.36. The predicted molar refractivity (Wildman–Crippen MR) is 93.8 cm³/mol. The number of rotatable bonds is 4. The molecule has 2 aromatic rings. The molecule has 0 amide bonds. The Morgan fingerprint density at radius 2 is 2.00 bits per heavy atom. The van der Waals surface area contributed by atoms with E-state index in [2.05, 4.69) is 31.2 Å². The van der Waals surface area contributed by atoms with E-state index in [0.717, 1.165) is 12.5 Å². The maximum absolute atomic E-state index is 14.6. The van der Waals surface area contributed by atoms with Gasteiger partial charge in [-0.15, -0.1) is 0 Å². The molecule has 2 bridgehead atoms. The number of fused-ring (bicyclic) bond motifs is 2. The molecule has 1 aliphatic carbocycles. The highest BCUT2D eigenvalue weighted by atomic mass is 79.9. The molecule has 2 aliphatic heterocycles. The van der Waals surface area contributed by atoms with Crippen LogP contribution in [0.2, 0.25) is 0 Å². The van der Waals surface area contributed by atoms with Gasteiger partial charge in [-0.25, -0.2) is 8.78 Å². The Hall–Kier alpha value is -1.62. The van der Waals surface area contributed by atoms with Gasteiger partial charge in [0.2, 0.25) is 0 Å². The van der Waals surface area contributed by atoms with Crippen LogP contribution in [0.5, 0.6) is 0 Å². The summed E-state index contributed by atoms with van der Waals surface area (Å²) >= 11 is 2.60. The number of alkyl halides is 4. The zero-order valence-corrected chi connectivity index (χ0v) is 16.1. The second-order valence-corrected chi connectivity index (χ2v) is 7.95. The first-order valence-electron chi connectivity index (χ1n) is 8.66. The Morgan fingerprint density at radius 3 is 2.64 bits per heavy atom. The number of aromatic nitrogens is 2. The fourth-order valence-electron chi connectivity index (χ4n) is 4.08. The van der Waals surface area contributed by atoms with E-state index in [1.165, 1.54) is 6.92 Å². The predicted octanol–water partition coefficient (Wildman–Crippen LogP) is 4.36. The van der Waals surface area contributed by atoms with Crippen molar-refractivity contribution in [3.05, 3.63) is 28.0 Å². The van der Waals surface area contributed by atoms with Crippen LogP contribution in [0.3, 0.4) is 0 Å². The van der Waals surface area contributed by atoms with E-state index < -0.39 is 39.8 Å². The van der Waals surface area contributed by atoms with Crippen LogP contribution in [0.25, 0.3) is 10.9 Å². The van der Waals surface area contributed by atoms with E-state index in [-0.39, 0.29) is 35.9 Å². The van der Waals surface area contributed by atoms with Crippen LogP contribution in [0, 0.1) is 11.9 Å². The summed E-state index contributed by atoms with van der Waals surface area (Å²) in [6.07, 6.45) is -5.74. The molecule has 0 radical (unpaired) electrons. The molecule has 5 rings (SSSR count). The maximum Gasteiger partial charge on any atom is 0.417 e. The molecule has 4 nitrogen and oxygen atoms in total. The summed E-state index contributed by atoms with van der Waals surface area (Å²) in [6, 6.07) is 0.373. The summed E-state index contributed by atoms with van der Waals surface area (Å²) in [5, 5.41) is 2.87. The molecule has 0 spiro atoms. The third-order valence-electron chi connectivity index (χ3n) is 5.29. The lowest BCUT2D eigenvalue weighted by Crippen LogP contribution is -2.54. The second kappa shape index (κ2) is 6.72. The van der Waals surface area contributed by atoms with Gasteiger partial charge in [-0.05, 0) is 41.8 Å². The largest absolute Gasteiger partial charge is 0.417 e. The summed E-state index contributed by atoms with van der Waals surface area (Å²) in [7, 11) is 0. The number of nitrogens with one attached hydrogen (secondary N) is 1. The molecule has 3 heterocycles. The molecule has 4 unspecified atom stereocenters. The van der Waals surface area contributed by atoms with Gasteiger partial charge >= 0.3 is 12.3 Å².